The number of nitrogens with zero attached hydrogens (tertiary/aromatic N) is 2. The first-order valence-electron chi connectivity index (χ1n) is 8.04. The van der Waals surface area contributed by atoms with Crippen LogP contribution in [0.4, 0.5) is 4.79 Å². The Morgan fingerprint density at radius 3 is 2.79 bits per heavy atom. The zero-order valence-corrected chi connectivity index (χ0v) is 13.9. The molecule has 1 aromatic heterocycles. The number of nitrogens with one attached hydrogen (secondary N) is 2. The van der Waals surface area contributed by atoms with E-state index >= 15 is 0 Å². The molecule has 0 saturated heterocycles. The summed E-state index contributed by atoms with van der Waals surface area (Å²) in [5, 5.41) is 5.87. The number of hydrogen-bond donors (Lipinski definition) is 2. The Bertz CT molecular complexity index is 687. The van der Waals surface area contributed by atoms with Crippen LogP contribution in [0.3, 0.4) is 0 Å². The van der Waals surface area contributed by atoms with Crippen LogP contribution in [0.2, 0.25) is 0 Å². The van der Waals surface area contributed by atoms with Gasteiger partial charge in [0.15, 0.2) is 11.5 Å². The second-order valence-electron chi connectivity index (χ2n) is 5.90. The predicted molar refractivity (Wildman–Crippen MR) is 89.2 cm³/mol. The van der Waals surface area contributed by atoms with E-state index < -0.39 is 0 Å². The number of amides is 2. The van der Waals surface area contributed by atoms with Crippen molar-refractivity contribution in [2.45, 2.75) is 32.5 Å². The van der Waals surface area contributed by atoms with Gasteiger partial charge in [-0.25, -0.2) is 9.78 Å². The highest BCUT2D eigenvalue weighted by Crippen LogP contribution is 2.32. The maximum atomic E-state index is 12.2. The van der Waals surface area contributed by atoms with Crippen molar-refractivity contribution in [3.8, 4) is 11.5 Å². The average molecular weight is 330 g/mol. The van der Waals surface area contributed by atoms with E-state index in [2.05, 4.69) is 15.6 Å². The summed E-state index contributed by atoms with van der Waals surface area (Å²) in [6, 6.07) is 5.38. The summed E-state index contributed by atoms with van der Waals surface area (Å²) in [6.45, 7) is 5.67. The molecular formula is C17H22N4O3. The Morgan fingerprint density at radius 1 is 1.25 bits per heavy atom. The number of fused-ring (bicyclic) bond motifs is 1. The molecule has 0 fully saturated rings. The quantitative estimate of drug-likeness (QED) is 0.880. The van der Waals surface area contributed by atoms with E-state index in [9.17, 15) is 4.79 Å². The summed E-state index contributed by atoms with van der Waals surface area (Å²) < 4.78 is 13.0. The van der Waals surface area contributed by atoms with Gasteiger partial charge in [-0.3, -0.25) is 0 Å². The third-order valence-electron chi connectivity index (χ3n) is 3.84. The molecule has 2 heterocycles. The molecule has 1 aromatic carbocycles. The highest BCUT2D eigenvalue weighted by atomic mass is 16.6. The molecule has 2 N–H and O–H groups in total. The van der Waals surface area contributed by atoms with Gasteiger partial charge in [0.2, 0.25) is 0 Å². The molecule has 0 bridgehead atoms. The molecule has 1 aliphatic rings. The van der Waals surface area contributed by atoms with Crippen LogP contribution >= 0.6 is 0 Å². The predicted octanol–water partition coefficient (Wildman–Crippen LogP) is 2.10. The summed E-state index contributed by atoms with van der Waals surface area (Å²) in [5.74, 6) is 1.47. The number of urea groups is 1. The van der Waals surface area contributed by atoms with E-state index in [0.717, 1.165) is 17.1 Å². The molecule has 128 valence electrons. The first-order chi connectivity index (χ1) is 11.6. The van der Waals surface area contributed by atoms with Crippen LogP contribution in [0.15, 0.2) is 36.9 Å². The van der Waals surface area contributed by atoms with Gasteiger partial charge in [0.05, 0.1) is 12.4 Å². The molecule has 0 spiro atoms. The van der Waals surface area contributed by atoms with Crippen molar-refractivity contribution in [1.82, 2.24) is 20.2 Å². The molecule has 24 heavy (non-hydrogen) atoms. The number of imidazole rings is 1. The Kier molecular flexibility index (Phi) is 4.88. The van der Waals surface area contributed by atoms with Gasteiger partial charge < -0.3 is 24.7 Å². The van der Waals surface area contributed by atoms with Gasteiger partial charge in [-0.2, -0.15) is 0 Å². The fourth-order valence-corrected chi connectivity index (χ4v) is 2.63. The number of rotatable bonds is 5. The number of hydrogen-bond acceptors (Lipinski definition) is 4. The van der Waals surface area contributed by atoms with Gasteiger partial charge in [-0.15, -0.1) is 0 Å². The van der Waals surface area contributed by atoms with E-state index in [1.54, 1.807) is 12.5 Å². The third kappa shape index (κ3) is 3.98. The smallest absolute Gasteiger partial charge is 0.315 e. The fraction of sp³-hybridized carbons (Fsp3) is 0.412. The van der Waals surface area contributed by atoms with Crippen molar-refractivity contribution in [3.05, 3.63) is 42.5 Å². The van der Waals surface area contributed by atoms with Crippen LogP contribution in [0.1, 0.15) is 25.5 Å². The molecule has 1 aliphatic heterocycles. The van der Waals surface area contributed by atoms with Crippen LogP contribution in [0, 0.1) is 0 Å². The molecule has 0 radical (unpaired) electrons. The lowest BCUT2D eigenvalue weighted by molar-refractivity contribution is 0.171. The maximum absolute atomic E-state index is 12.2. The molecule has 7 nitrogen and oxygen atoms in total. The summed E-state index contributed by atoms with van der Waals surface area (Å²) in [6.07, 6.45) is 5.32. The second-order valence-corrected chi connectivity index (χ2v) is 5.90. The van der Waals surface area contributed by atoms with Crippen LogP contribution in [0.5, 0.6) is 11.5 Å². The van der Waals surface area contributed by atoms with Crippen molar-refractivity contribution in [2.24, 2.45) is 0 Å². The minimum atomic E-state index is -0.204. The lowest BCUT2D eigenvalue weighted by Crippen LogP contribution is -2.43. The van der Waals surface area contributed by atoms with Gasteiger partial charge in [-0.05, 0) is 31.5 Å². The monoisotopic (exact) mass is 330 g/mol. The summed E-state index contributed by atoms with van der Waals surface area (Å²) in [4.78, 5) is 16.1. The number of carbonyl (C=O) groups excluding carboxylic acids is 1. The Balaban J connectivity index is 1.54. The van der Waals surface area contributed by atoms with Gasteiger partial charge in [0.25, 0.3) is 0 Å². The Hall–Kier alpha value is -2.70. The summed E-state index contributed by atoms with van der Waals surface area (Å²) >= 11 is 0. The van der Waals surface area contributed by atoms with E-state index in [1.165, 1.54) is 0 Å². The Labute approximate surface area is 141 Å². The molecule has 7 heteroatoms. The largest absolute Gasteiger partial charge is 0.486 e. The molecule has 2 unspecified atom stereocenters. The van der Waals surface area contributed by atoms with Crippen LogP contribution in [-0.2, 0) is 6.54 Å². The first kappa shape index (κ1) is 16.2. The minimum absolute atomic E-state index is 0.00772. The van der Waals surface area contributed by atoms with Crippen molar-refractivity contribution >= 4 is 6.03 Å². The molecule has 2 amide bonds. The van der Waals surface area contributed by atoms with Gasteiger partial charge in [0, 0.05) is 25.0 Å². The SMILES string of the molecule is CC(Cn1ccnc1)NC(=O)NC(C)c1ccc2c(c1)OCCO2. The van der Waals surface area contributed by atoms with Crippen molar-refractivity contribution in [3.63, 3.8) is 0 Å². The van der Waals surface area contributed by atoms with Crippen LogP contribution in [-0.4, -0.2) is 34.8 Å². The molecular weight excluding hydrogens is 308 g/mol. The highest BCUT2D eigenvalue weighted by Gasteiger charge is 2.16. The molecule has 0 saturated carbocycles. The van der Waals surface area contributed by atoms with Crippen molar-refractivity contribution < 1.29 is 14.3 Å². The summed E-state index contributed by atoms with van der Waals surface area (Å²) in [5.41, 5.74) is 0.969. The van der Waals surface area contributed by atoms with Crippen LogP contribution in [0.25, 0.3) is 0 Å². The minimum Gasteiger partial charge on any atom is -0.486 e. The van der Waals surface area contributed by atoms with E-state index in [0.29, 0.717) is 19.8 Å². The van der Waals surface area contributed by atoms with E-state index in [1.807, 2.05) is 42.8 Å². The van der Waals surface area contributed by atoms with Crippen LogP contribution < -0.4 is 20.1 Å². The topological polar surface area (TPSA) is 77.4 Å². The molecule has 3 rings (SSSR count). The normalized spacial score (nSPS) is 15.4. The van der Waals surface area contributed by atoms with E-state index in [4.69, 9.17) is 9.47 Å². The van der Waals surface area contributed by atoms with E-state index in [-0.39, 0.29) is 18.1 Å². The molecule has 0 aliphatic carbocycles. The number of carbonyl (C=O) groups is 1. The zero-order chi connectivity index (χ0) is 16.9. The van der Waals surface area contributed by atoms with Crippen molar-refractivity contribution in [1.29, 1.82) is 0 Å². The summed E-state index contributed by atoms with van der Waals surface area (Å²) in [7, 11) is 0. The van der Waals surface area contributed by atoms with Gasteiger partial charge >= 0.3 is 6.03 Å². The lowest BCUT2D eigenvalue weighted by Gasteiger charge is -2.22. The lowest BCUT2D eigenvalue weighted by atomic mass is 10.1. The number of aromatic nitrogens is 2. The number of benzene rings is 1. The average Bonchev–Trinajstić information content (AvgIpc) is 3.06. The maximum Gasteiger partial charge on any atom is 0.315 e. The Morgan fingerprint density at radius 2 is 2.04 bits per heavy atom. The first-order valence-corrected chi connectivity index (χ1v) is 8.04. The third-order valence-corrected chi connectivity index (χ3v) is 3.84. The standard InChI is InChI=1S/C17H22N4O3/c1-12(10-21-6-5-18-11-21)19-17(22)20-13(2)14-3-4-15-16(9-14)24-8-7-23-15/h3-6,9,11-13H,7-8,10H2,1-2H3,(H2,19,20,22). The number of ether oxygens (including phenoxy) is 2. The second kappa shape index (κ2) is 7.25. The fourth-order valence-electron chi connectivity index (χ4n) is 2.63. The highest BCUT2D eigenvalue weighted by molar-refractivity contribution is 5.74. The van der Waals surface area contributed by atoms with Gasteiger partial charge in [-0.1, -0.05) is 6.07 Å². The molecule has 2 atom stereocenters. The van der Waals surface area contributed by atoms with Crippen molar-refractivity contribution in [2.75, 3.05) is 13.2 Å². The van der Waals surface area contributed by atoms with Gasteiger partial charge in [0.1, 0.15) is 13.2 Å². The molecule has 2 aromatic rings. The zero-order valence-electron chi connectivity index (χ0n) is 13.9.